The van der Waals surface area contributed by atoms with Crippen molar-refractivity contribution in [3.63, 3.8) is 0 Å². The summed E-state index contributed by atoms with van der Waals surface area (Å²) < 4.78 is 0. The molecular formula is C9H12Cl3N3. The first-order valence-electron chi connectivity index (χ1n) is 4.53. The largest absolute Gasteiger partial charge is 0.330 e. The standard InChI is InChI=1S/C9H12Cl3N3/c10-5-4-15-9(12)8(11)7(5)6(14)2-1-3-13/h4,6H,1-3,13-14H2/t6-/m1/s1. The molecule has 1 atom stereocenters. The van der Waals surface area contributed by atoms with Gasteiger partial charge in [-0.1, -0.05) is 34.8 Å². The number of nitrogens with two attached hydrogens (primary N) is 2. The van der Waals surface area contributed by atoms with Gasteiger partial charge in [0.15, 0.2) is 0 Å². The maximum absolute atomic E-state index is 5.98. The van der Waals surface area contributed by atoms with Crippen LogP contribution in [0, 0.1) is 0 Å². The number of hydrogen-bond acceptors (Lipinski definition) is 3. The Morgan fingerprint density at radius 2 is 2.00 bits per heavy atom. The highest BCUT2D eigenvalue weighted by Gasteiger charge is 2.16. The van der Waals surface area contributed by atoms with Crippen molar-refractivity contribution in [1.29, 1.82) is 0 Å². The first-order chi connectivity index (χ1) is 7.07. The maximum atomic E-state index is 5.98. The minimum Gasteiger partial charge on any atom is -0.330 e. The Labute approximate surface area is 104 Å². The van der Waals surface area contributed by atoms with E-state index in [1.807, 2.05) is 0 Å². The molecule has 0 aliphatic carbocycles. The molecule has 0 spiro atoms. The van der Waals surface area contributed by atoms with Gasteiger partial charge in [-0.15, -0.1) is 0 Å². The lowest BCUT2D eigenvalue weighted by molar-refractivity contribution is 0.617. The molecule has 0 unspecified atom stereocenters. The van der Waals surface area contributed by atoms with Crippen molar-refractivity contribution in [2.24, 2.45) is 11.5 Å². The van der Waals surface area contributed by atoms with E-state index in [4.69, 9.17) is 46.3 Å². The van der Waals surface area contributed by atoms with Crippen molar-refractivity contribution in [3.8, 4) is 0 Å². The minimum absolute atomic E-state index is 0.222. The van der Waals surface area contributed by atoms with Crippen LogP contribution >= 0.6 is 34.8 Å². The van der Waals surface area contributed by atoms with Gasteiger partial charge in [-0.3, -0.25) is 0 Å². The summed E-state index contributed by atoms with van der Waals surface area (Å²) in [7, 11) is 0. The van der Waals surface area contributed by atoms with E-state index in [2.05, 4.69) is 4.98 Å². The third-order valence-electron chi connectivity index (χ3n) is 2.06. The molecule has 1 heterocycles. The number of aromatic nitrogens is 1. The highest BCUT2D eigenvalue weighted by Crippen LogP contribution is 2.34. The van der Waals surface area contributed by atoms with Crippen LogP contribution in [0.5, 0.6) is 0 Å². The molecule has 0 amide bonds. The molecule has 0 aliphatic heterocycles. The van der Waals surface area contributed by atoms with Gasteiger partial charge in [-0.25, -0.2) is 4.98 Å². The predicted molar refractivity (Wildman–Crippen MR) is 64.5 cm³/mol. The minimum atomic E-state index is -0.256. The quantitative estimate of drug-likeness (QED) is 0.825. The van der Waals surface area contributed by atoms with Gasteiger partial charge in [0.25, 0.3) is 0 Å². The molecular weight excluding hydrogens is 256 g/mol. The first-order valence-corrected chi connectivity index (χ1v) is 5.66. The molecule has 84 valence electrons. The van der Waals surface area contributed by atoms with E-state index in [1.54, 1.807) is 0 Å². The normalized spacial score (nSPS) is 12.9. The maximum Gasteiger partial charge on any atom is 0.148 e. The molecule has 6 heteroatoms. The van der Waals surface area contributed by atoms with Gasteiger partial charge in [-0.2, -0.15) is 0 Å². The fraction of sp³-hybridized carbons (Fsp3) is 0.444. The third-order valence-corrected chi connectivity index (χ3v) is 3.12. The molecule has 3 nitrogen and oxygen atoms in total. The second-order valence-electron chi connectivity index (χ2n) is 3.16. The van der Waals surface area contributed by atoms with E-state index in [-0.39, 0.29) is 11.2 Å². The lowest BCUT2D eigenvalue weighted by Gasteiger charge is -2.15. The van der Waals surface area contributed by atoms with Crippen molar-refractivity contribution < 1.29 is 0 Å². The molecule has 0 bridgehead atoms. The predicted octanol–water partition coefficient (Wildman–Crippen LogP) is 2.78. The fourth-order valence-electron chi connectivity index (χ4n) is 1.28. The third kappa shape index (κ3) is 3.20. The number of rotatable bonds is 4. The Hall–Kier alpha value is -0.0600. The summed E-state index contributed by atoms with van der Waals surface area (Å²) in [5, 5.41) is 0.988. The average molecular weight is 269 g/mol. The summed E-state index contributed by atoms with van der Waals surface area (Å²) in [5.74, 6) is 0. The van der Waals surface area contributed by atoms with Crippen molar-refractivity contribution in [2.45, 2.75) is 18.9 Å². The SMILES string of the molecule is NCCC[C@@H](N)c1c(Cl)cnc(Cl)c1Cl. The zero-order chi connectivity index (χ0) is 11.4. The molecule has 0 fully saturated rings. The van der Waals surface area contributed by atoms with E-state index in [0.29, 0.717) is 22.2 Å². The molecule has 4 N–H and O–H groups in total. The topological polar surface area (TPSA) is 64.9 Å². The Kier molecular flexibility index (Phi) is 5.09. The van der Waals surface area contributed by atoms with E-state index >= 15 is 0 Å². The molecule has 0 aromatic carbocycles. The van der Waals surface area contributed by atoms with E-state index in [9.17, 15) is 0 Å². The van der Waals surface area contributed by atoms with Crippen molar-refractivity contribution in [3.05, 3.63) is 27.0 Å². The molecule has 0 saturated heterocycles. The van der Waals surface area contributed by atoms with Crippen molar-refractivity contribution in [1.82, 2.24) is 4.98 Å². The van der Waals surface area contributed by atoms with Gasteiger partial charge in [0.1, 0.15) is 5.15 Å². The van der Waals surface area contributed by atoms with Gasteiger partial charge >= 0.3 is 0 Å². The van der Waals surface area contributed by atoms with Crippen LogP contribution in [0.3, 0.4) is 0 Å². The zero-order valence-corrected chi connectivity index (χ0v) is 10.3. The number of halogens is 3. The van der Waals surface area contributed by atoms with Crippen LogP contribution in [0.1, 0.15) is 24.4 Å². The summed E-state index contributed by atoms with van der Waals surface area (Å²) >= 11 is 17.7. The average Bonchev–Trinajstić information content (AvgIpc) is 2.21. The molecule has 0 aliphatic rings. The monoisotopic (exact) mass is 267 g/mol. The Bertz CT molecular complexity index is 344. The lowest BCUT2D eigenvalue weighted by Crippen LogP contribution is -2.14. The second kappa shape index (κ2) is 5.87. The lowest BCUT2D eigenvalue weighted by atomic mass is 10.0. The smallest absolute Gasteiger partial charge is 0.148 e. The Balaban J connectivity index is 2.96. The van der Waals surface area contributed by atoms with E-state index < -0.39 is 0 Å². The number of hydrogen-bond donors (Lipinski definition) is 2. The zero-order valence-electron chi connectivity index (χ0n) is 8.01. The van der Waals surface area contributed by atoms with Crippen LogP contribution in [-0.2, 0) is 0 Å². The number of nitrogens with zero attached hydrogens (tertiary/aromatic N) is 1. The van der Waals surface area contributed by atoms with Crippen LogP contribution in [0.15, 0.2) is 6.20 Å². The van der Waals surface area contributed by atoms with Crippen LogP contribution < -0.4 is 11.5 Å². The second-order valence-corrected chi connectivity index (χ2v) is 4.31. The van der Waals surface area contributed by atoms with Gasteiger partial charge in [-0.05, 0) is 19.4 Å². The van der Waals surface area contributed by atoms with Gasteiger partial charge < -0.3 is 11.5 Å². The van der Waals surface area contributed by atoms with Gasteiger partial charge in [0.2, 0.25) is 0 Å². The van der Waals surface area contributed by atoms with Crippen LogP contribution in [0.25, 0.3) is 0 Å². The molecule has 1 rings (SSSR count). The first kappa shape index (κ1) is 13.0. The van der Waals surface area contributed by atoms with E-state index in [1.165, 1.54) is 6.20 Å². The summed E-state index contributed by atoms with van der Waals surface area (Å²) in [6.45, 7) is 0.585. The highest BCUT2D eigenvalue weighted by molar-refractivity contribution is 6.43. The fourth-order valence-corrected chi connectivity index (χ4v) is 2.05. The van der Waals surface area contributed by atoms with Gasteiger partial charge in [0.05, 0.1) is 10.0 Å². The summed E-state index contributed by atoms with van der Waals surface area (Å²) in [6, 6.07) is -0.256. The Morgan fingerprint density at radius 1 is 1.33 bits per heavy atom. The van der Waals surface area contributed by atoms with Crippen molar-refractivity contribution >= 4 is 34.8 Å². The van der Waals surface area contributed by atoms with Crippen LogP contribution in [-0.4, -0.2) is 11.5 Å². The van der Waals surface area contributed by atoms with Crippen LogP contribution in [0.4, 0.5) is 0 Å². The molecule has 1 aromatic rings. The molecule has 1 aromatic heterocycles. The van der Waals surface area contributed by atoms with Crippen molar-refractivity contribution in [2.75, 3.05) is 6.54 Å². The summed E-state index contributed by atoms with van der Waals surface area (Å²) in [4.78, 5) is 3.82. The molecule has 15 heavy (non-hydrogen) atoms. The summed E-state index contributed by atoms with van der Waals surface area (Å²) in [5.41, 5.74) is 12.0. The number of pyridine rings is 1. The van der Waals surface area contributed by atoms with E-state index in [0.717, 1.165) is 12.8 Å². The summed E-state index contributed by atoms with van der Waals surface area (Å²) in [6.07, 6.45) is 2.98. The highest BCUT2D eigenvalue weighted by atomic mass is 35.5. The molecule has 0 radical (unpaired) electrons. The Morgan fingerprint density at radius 3 is 2.60 bits per heavy atom. The van der Waals surface area contributed by atoms with Gasteiger partial charge in [0, 0.05) is 17.8 Å². The van der Waals surface area contributed by atoms with Crippen LogP contribution in [0.2, 0.25) is 15.2 Å². The molecule has 0 saturated carbocycles.